The zero-order valence-corrected chi connectivity index (χ0v) is 24.2. The minimum absolute atomic E-state index is 0.0411. The highest BCUT2D eigenvalue weighted by molar-refractivity contribution is 6.74. The highest BCUT2D eigenvalue weighted by Gasteiger charge is 2.49. The lowest BCUT2D eigenvalue weighted by atomic mass is 9.59. The predicted octanol–water partition coefficient (Wildman–Crippen LogP) is 7.36. The molecule has 0 amide bonds. The second kappa shape index (κ2) is 9.75. The summed E-state index contributed by atoms with van der Waals surface area (Å²) in [6.45, 7) is 19.3. The van der Waals surface area contributed by atoms with Gasteiger partial charge in [-0.3, -0.25) is 4.98 Å². The fourth-order valence-electron chi connectivity index (χ4n) is 5.68. The number of hydrogen-bond acceptors (Lipinski definition) is 5. The molecule has 1 spiro atoms. The first-order chi connectivity index (χ1) is 16.4. The molecule has 6 heteroatoms. The van der Waals surface area contributed by atoms with E-state index in [-0.39, 0.29) is 28.4 Å². The van der Waals surface area contributed by atoms with Crippen molar-refractivity contribution in [2.24, 2.45) is 5.41 Å². The first kappa shape index (κ1) is 26.6. The average Bonchev–Trinajstić information content (AvgIpc) is 2.76. The Bertz CT molecular complexity index is 1000. The van der Waals surface area contributed by atoms with E-state index in [9.17, 15) is 4.79 Å². The third-order valence-electron chi connectivity index (χ3n) is 8.79. The molecule has 35 heavy (non-hydrogen) atoms. The molecule has 0 saturated heterocycles. The van der Waals surface area contributed by atoms with Gasteiger partial charge in [0.1, 0.15) is 0 Å². The molecule has 1 aliphatic heterocycles. The number of rotatable bonds is 6. The van der Waals surface area contributed by atoms with Gasteiger partial charge in [-0.05, 0) is 74.1 Å². The first-order valence-corrected chi connectivity index (χ1v) is 16.5. The Labute approximate surface area is 213 Å². The highest BCUT2D eigenvalue weighted by Crippen LogP contribution is 2.57. The number of pyridine rings is 1. The Hall–Kier alpha value is -1.50. The summed E-state index contributed by atoms with van der Waals surface area (Å²) < 4.78 is 18.5. The van der Waals surface area contributed by atoms with Crippen LogP contribution in [0.5, 0.6) is 0 Å². The van der Waals surface area contributed by atoms with E-state index >= 15 is 0 Å². The summed E-state index contributed by atoms with van der Waals surface area (Å²) >= 11 is 0. The monoisotopic (exact) mass is 499 g/mol. The van der Waals surface area contributed by atoms with Crippen LogP contribution in [0, 0.1) is 5.41 Å². The molecule has 0 radical (unpaired) electrons. The van der Waals surface area contributed by atoms with Gasteiger partial charge in [0, 0.05) is 16.8 Å². The van der Waals surface area contributed by atoms with Crippen molar-refractivity contribution in [1.82, 2.24) is 4.98 Å². The van der Waals surface area contributed by atoms with Gasteiger partial charge in [0.25, 0.3) is 0 Å². The molecule has 2 aliphatic carbocycles. The van der Waals surface area contributed by atoms with Crippen LogP contribution < -0.4 is 0 Å². The van der Waals surface area contributed by atoms with Crippen LogP contribution in [0.3, 0.4) is 0 Å². The molecule has 1 aromatic heterocycles. The van der Waals surface area contributed by atoms with E-state index in [2.05, 4.69) is 53.8 Å². The lowest BCUT2D eigenvalue weighted by molar-refractivity contribution is 0.0296. The number of ether oxygens (including phenoxy) is 2. The summed E-state index contributed by atoms with van der Waals surface area (Å²) in [5.74, 6) is -0.137. The van der Waals surface area contributed by atoms with E-state index in [1.54, 1.807) is 0 Å². The normalized spacial score (nSPS) is 22.0. The maximum absolute atomic E-state index is 13.5. The molecule has 0 N–H and O–H groups in total. The molecule has 5 nitrogen and oxygen atoms in total. The maximum atomic E-state index is 13.5. The molecule has 2 heterocycles. The summed E-state index contributed by atoms with van der Waals surface area (Å²) in [7, 11) is -2.07. The second-order valence-electron chi connectivity index (χ2n) is 12.6. The summed E-state index contributed by atoms with van der Waals surface area (Å²) in [6, 6.07) is 0. The van der Waals surface area contributed by atoms with Crippen molar-refractivity contribution in [2.45, 2.75) is 110 Å². The van der Waals surface area contributed by atoms with Crippen molar-refractivity contribution in [2.75, 3.05) is 19.8 Å². The number of fused-ring (bicyclic) bond motifs is 1. The number of nitrogens with zero attached hydrogens (tertiary/aromatic N) is 1. The minimum atomic E-state index is -2.07. The van der Waals surface area contributed by atoms with Crippen LogP contribution in [0.15, 0.2) is 6.08 Å². The Morgan fingerprint density at radius 3 is 2.51 bits per heavy atom. The summed E-state index contributed by atoms with van der Waals surface area (Å²) in [4.78, 5) is 18.8. The first-order valence-electron chi connectivity index (χ1n) is 13.6. The Kier molecular flexibility index (Phi) is 7.40. The van der Waals surface area contributed by atoms with E-state index in [0.717, 1.165) is 41.8 Å². The molecular formula is C29H45NO4Si. The van der Waals surface area contributed by atoms with Crippen molar-refractivity contribution in [3.8, 4) is 0 Å². The second-order valence-corrected chi connectivity index (χ2v) is 17.4. The van der Waals surface area contributed by atoms with E-state index in [1.807, 2.05) is 6.92 Å². The Morgan fingerprint density at radius 2 is 2.00 bits per heavy atom. The quantitative estimate of drug-likeness (QED) is 0.302. The summed E-state index contributed by atoms with van der Waals surface area (Å²) in [5, 5.41) is 0.102. The van der Waals surface area contributed by atoms with E-state index in [4.69, 9.17) is 18.9 Å². The fourth-order valence-corrected chi connectivity index (χ4v) is 6.94. The molecule has 194 valence electrons. The van der Waals surface area contributed by atoms with Gasteiger partial charge in [-0.15, -0.1) is 0 Å². The van der Waals surface area contributed by atoms with Crippen molar-refractivity contribution < 1.29 is 18.7 Å². The van der Waals surface area contributed by atoms with Gasteiger partial charge in [0.05, 0.1) is 37.2 Å². The Balaban J connectivity index is 1.99. The lowest BCUT2D eigenvalue weighted by Crippen LogP contribution is -2.46. The zero-order chi connectivity index (χ0) is 25.6. The third kappa shape index (κ3) is 5.03. The average molecular weight is 500 g/mol. The van der Waals surface area contributed by atoms with Crippen LogP contribution in [-0.4, -0.2) is 39.1 Å². The van der Waals surface area contributed by atoms with Gasteiger partial charge in [-0.1, -0.05) is 47.1 Å². The van der Waals surface area contributed by atoms with E-state index in [1.165, 1.54) is 24.8 Å². The van der Waals surface area contributed by atoms with Gasteiger partial charge in [-0.2, -0.15) is 0 Å². The smallest absolute Gasteiger partial charge is 0.340 e. The van der Waals surface area contributed by atoms with Crippen LogP contribution in [-0.2, 0) is 20.3 Å². The number of esters is 1. The predicted molar refractivity (Wildman–Crippen MR) is 143 cm³/mol. The molecule has 1 saturated carbocycles. The molecule has 0 aromatic carbocycles. The molecule has 0 bridgehead atoms. The third-order valence-corrected chi connectivity index (χ3v) is 13.3. The number of aromatic nitrogens is 1. The largest absolute Gasteiger partial charge is 0.462 e. The molecule has 1 aromatic rings. The van der Waals surface area contributed by atoms with Gasteiger partial charge < -0.3 is 13.9 Å². The molecular weight excluding hydrogens is 454 g/mol. The molecule has 3 aliphatic rings. The van der Waals surface area contributed by atoms with Gasteiger partial charge in [0.2, 0.25) is 0 Å². The summed E-state index contributed by atoms with van der Waals surface area (Å²) in [6.07, 6.45) is 8.69. The highest BCUT2D eigenvalue weighted by atomic mass is 28.4. The lowest BCUT2D eigenvalue weighted by Gasteiger charge is -2.51. The summed E-state index contributed by atoms with van der Waals surface area (Å²) in [5.41, 5.74) is 6.35. The topological polar surface area (TPSA) is 57.7 Å². The number of carbonyl (C=O) groups is 1. The maximum Gasteiger partial charge on any atom is 0.340 e. The van der Waals surface area contributed by atoms with Gasteiger partial charge in [0.15, 0.2) is 8.32 Å². The zero-order valence-electron chi connectivity index (χ0n) is 23.2. The molecule has 1 unspecified atom stereocenters. The standard InChI is InChI=1S/C29H45NO4Si/c1-9-33-27(31)25-23(20-11-15-32-16-12-20)24-21(30-26(25)19(2)3)17-29(13-10-14-29)18-22(24)34-35(7,8)28(4,5)6/h11,19,22H,9-10,12-18H2,1-8H3. The van der Waals surface area contributed by atoms with Crippen LogP contribution in [0.25, 0.3) is 5.57 Å². The SMILES string of the molecule is CCOC(=O)c1c(C(C)C)nc2c(c1C1=CCOCC1)C(O[Si](C)(C)C(C)(C)C)CC1(CCC1)C2. The van der Waals surface area contributed by atoms with Crippen molar-refractivity contribution in [3.63, 3.8) is 0 Å². The molecule has 1 fully saturated rings. The molecule has 1 atom stereocenters. The van der Waals surface area contributed by atoms with E-state index in [0.29, 0.717) is 25.4 Å². The van der Waals surface area contributed by atoms with Gasteiger partial charge >= 0.3 is 5.97 Å². The van der Waals surface area contributed by atoms with Crippen molar-refractivity contribution in [1.29, 1.82) is 0 Å². The van der Waals surface area contributed by atoms with Gasteiger partial charge in [-0.25, -0.2) is 4.79 Å². The van der Waals surface area contributed by atoms with Crippen LogP contribution in [0.1, 0.15) is 119 Å². The van der Waals surface area contributed by atoms with Crippen LogP contribution in [0.2, 0.25) is 18.1 Å². The van der Waals surface area contributed by atoms with Crippen LogP contribution in [0.4, 0.5) is 0 Å². The van der Waals surface area contributed by atoms with Crippen molar-refractivity contribution in [3.05, 3.63) is 34.2 Å². The van der Waals surface area contributed by atoms with E-state index < -0.39 is 8.32 Å². The van der Waals surface area contributed by atoms with Crippen LogP contribution >= 0.6 is 0 Å². The Morgan fingerprint density at radius 1 is 1.29 bits per heavy atom. The fraction of sp³-hybridized carbons (Fsp3) is 0.724. The molecule has 4 rings (SSSR count). The number of hydrogen-bond donors (Lipinski definition) is 0. The minimum Gasteiger partial charge on any atom is -0.462 e. The van der Waals surface area contributed by atoms with Crippen molar-refractivity contribution >= 4 is 19.9 Å². The number of carbonyl (C=O) groups excluding carboxylic acids is 1.